The monoisotopic (exact) mass is 295 g/mol. The number of aromatic nitrogens is 1. The van der Waals surface area contributed by atoms with E-state index in [0.717, 1.165) is 6.20 Å². The highest BCUT2D eigenvalue weighted by Gasteiger charge is 2.34. The Kier molecular flexibility index (Phi) is 5.46. The van der Waals surface area contributed by atoms with Gasteiger partial charge >= 0.3 is 12.1 Å². The summed E-state index contributed by atoms with van der Waals surface area (Å²) in [5.41, 5.74) is 0. The Morgan fingerprint density at radius 3 is 2.58 bits per heavy atom. The summed E-state index contributed by atoms with van der Waals surface area (Å²) in [6.45, 7) is 1.88. The number of nitrogens with zero attached hydrogens (tertiary/aromatic N) is 1. The van der Waals surface area contributed by atoms with E-state index < -0.39 is 17.2 Å². The van der Waals surface area contributed by atoms with Crippen LogP contribution < -0.4 is 0 Å². The van der Waals surface area contributed by atoms with E-state index in [1.165, 1.54) is 0 Å². The molecule has 106 valence electrons. The number of hydrogen-bond acceptors (Lipinski definition) is 5. The van der Waals surface area contributed by atoms with E-state index in [4.69, 9.17) is 0 Å². The molecule has 0 spiro atoms. The van der Waals surface area contributed by atoms with E-state index in [-0.39, 0.29) is 36.5 Å². The third kappa shape index (κ3) is 5.37. The highest BCUT2D eigenvalue weighted by atomic mass is 32.1. The highest BCUT2D eigenvalue weighted by Crippen LogP contribution is 2.32. The molecule has 1 aromatic heterocycles. The molecule has 4 nitrogen and oxygen atoms in total. The first-order chi connectivity index (χ1) is 8.82. The normalized spacial score (nSPS) is 11.4. The quantitative estimate of drug-likeness (QED) is 0.757. The van der Waals surface area contributed by atoms with E-state index in [9.17, 15) is 22.8 Å². The third-order valence-electron chi connectivity index (χ3n) is 2.08. The zero-order chi connectivity index (χ0) is 14.5. The number of carbonyl (C=O) groups is 2. The van der Waals surface area contributed by atoms with Crippen LogP contribution in [0.5, 0.6) is 0 Å². The van der Waals surface area contributed by atoms with Crippen LogP contribution in [0.3, 0.4) is 0 Å². The number of thiazole rings is 1. The molecule has 0 aliphatic heterocycles. The predicted octanol–water partition coefficient (Wildman–Crippen LogP) is 2.62. The molecule has 0 N–H and O–H groups in total. The van der Waals surface area contributed by atoms with Gasteiger partial charge in [0.1, 0.15) is 5.78 Å². The Balaban J connectivity index is 2.45. The molecule has 8 heteroatoms. The summed E-state index contributed by atoms with van der Waals surface area (Å²) < 4.78 is 41.5. The summed E-state index contributed by atoms with van der Waals surface area (Å²) in [6, 6.07) is 0. The second-order valence-corrected chi connectivity index (χ2v) is 4.77. The molecular formula is C11H12F3NO3S. The molecule has 0 fully saturated rings. The lowest BCUT2D eigenvalue weighted by Gasteiger charge is -2.01. The lowest BCUT2D eigenvalue weighted by molar-refractivity contribution is -0.144. The number of carbonyl (C=O) groups excluding carboxylic acids is 2. The molecule has 0 bridgehead atoms. The fraction of sp³-hybridized carbons (Fsp3) is 0.545. The molecule has 0 radical (unpaired) electrons. The fourth-order valence-corrected chi connectivity index (χ4v) is 2.09. The van der Waals surface area contributed by atoms with Crippen molar-refractivity contribution in [1.29, 1.82) is 0 Å². The lowest BCUT2D eigenvalue weighted by atomic mass is 10.1. The average Bonchev–Trinajstić information content (AvgIpc) is 2.75. The number of ketones is 1. The first-order valence-corrected chi connectivity index (χ1v) is 6.33. The van der Waals surface area contributed by atoms with Crippen molar-refractivity contribution in [3.05, 3.63) is 16.1 Å². The van der Waals surface area contributed by atoms with Crippen LogP contribution in [0.15, 0.2) is 6.20 Å². The Bertz CT molecular complexity index is 456. The van der Waals surface area contributed by atoms with Gasteiger partial charge in [-0.1, -0.05) is 0 Å². The van der Waals surface area contributed by atoms with Crippen LogP contribution in [0.1, 0.15) is 29.7 Å². The summed E-state index contributed by atoms with van der Waals surface area (Å²) >= 11 is 0.440. The molecule has 0 saturated heterocycles. The van der Waals surface area contributed by atoms with Gasteiger partial charge in [0.2, 0.25) is 0 Å². The summed E-state index contributed by atoms with van der Waals surface area (Å²) in [5, 5.41) is -0.972. The molecule has 1 aromatic rings. The number of halogens is 3. The molecule has 0 aromatic carbocycles. The van der Waals surface area contributed by atoms with Crippen LogP contribution >= 0.6 is 11.3 Å². The van der Waals surface area contributed by atoms with Crippen LogP contribution in [0, 0.1) is 0 Å². The van der Waals surface area contributed by atoms with Crippen LogP contribution in [0.2, 0.25) is 0 Å². The predicted molar refractivity (Wildman–Crippen MR) is 61.7 cm³/mol. The second-order valence-electron chi connectivity index (χ2n) is 3.65. The van der Waals surface area contributed by atoms with Crippen LogP contribution in [-0.2, 0) is 26.9 Å². The fourth-order valence-electron chi connectivity index (χ4n) is 1.28. The Morgan fingerprint density at radius 2 is 2.05 bits per heavy atom. The van der Waals surface area contributed by atoms with Gasteiger partial charge in [0.05, 0.1) is 13.0 Å². The molecule has 0 unspecified atom stereocenters. The summed E-state index contributed by atoms with van der Waals surface area (Å²) in [7, 11) is 0. The van der Waals surface area contributed by atoms with E-state index in [0.29, 0.717) is 11.3 Å². The highest BCUT2D eigenvalue weighted by molar-refractivity contribution is 7.11. The van der Waals surface area contributed by atoms with Crippen molar-refractivity contribution in [1.82, 2.24) is 4.98 Å². The van der Waals surface area contributed by atoms with Crippen molar-refractivity contribution in [3.63, 3.8) is 0 Å². The van der Waals surface area contributed by atoms with E-state index in [1.807, 2.05) is 0 Å². The number of Topliss-reactive ketones (excluding diaryl/α,β-unsaturated/α-hetero) is 1. The third-order valence-corrected chi connectivity index (χ3v) is 3.12. The van der Waals surface area contributed by atoms with Crippen LogP contribution in [-0.4, -0.2) is 23.3 Å². The number of alkyl halides is 3. The number of ether oxygens (including phenoxy) is 1. The van der Waals surface area contributed by atoms with Crippen LogP contribution in [0.4, 0.5) is 13.2 Å². The van der Waals surface area contributed by atoms with Gasteiger partial charge in [0.15, 0.2) is 5.01 Å². The van der Waals surface area contributed by atoms with Crippen LogP contribution in [0.25, 0.3) is 0 Å². The molecule has 1 heterocycles. The Morgan fingerprint density at radius 1 is 1.37 bits per heavy atom. The second kappa shape index (κ2) is 6.65. The zero-order valence-corrected chi connectivity index (χ0v) is 10.9. The molecule has 0 saturated carbocycles. The van der Waals surface area contributed by atoms with Gasteiger partial charge in [0, 0.05) is 23.9 Å². The van der Waals surface area contributed by atoms with Gasteiger partial charge in [-0.3, -0.25) is 9.59 Å². The van der Waals surface area contributed by atoms with Crippen molar-refractivity contribution < 1.29 is 27.5 Å². The molecule has 1 rings (SSSR count). The molecule has 0 amide bonds. The van der Waals surface area contributed by atoms with Gasteiger partial charge in [-0.15, -0.1) is 11.3 Å². The van der Waals surface area contributed by atoms with Crippen molar-refractivity contribution >= 4 is 23.1 Å². The van der Waals surface area contributed by atoms with Crippen molar-refractivity contribution in [3.8, 4) is 0 Å². The van der Waals surface area contributed by atoms with Crippen molar-refractivity contribution in [2.24, 2.45) is 0 Å². The van der Waals surface area contributed by atoms with E-state index in [2.05, 4.69) is 9.72 Å². The first kappa shape index (κ1) is 15.6. The standard InChI is InChI=1S/C11H12F3NO3S/c1-2-18-9(17)4-3-7(16)5-8-6-15-10(19-8)11(12,13)14/h6H,2-5H2,1H3. The van der Waals surface area contributed by atoms with Gasteiger partial charge in [0.25, 0.3) is 0 Å². The van der Waals surface area contributed by atoms with E-state index in [1.54, 1.807) is 6.92 Å². The smallest absolute Gasteiger partial charge is 0.443 e. The minimum absolute atomic E-state index is 0.0436. The number of rotatable bonds is 6. The Labute approximate surface area is 111 Å². The zero-order valence-electron chi connectivity index (χ0n) is 10.1. The van der Waals surface area contributed by atoms with E-state index >= 15 is 0 Å². The largest absolute Gasteiger partial charge is 0.466 e. The van der Waals surface area contributed by atoms with Gasteiger partial charge in [-0.25, -0.2) is 4.98 Å². The molecule has 0 aliphatic rings. The molecule has 0 atom stereocenters. The van der Waals surface area contributed by atoms with Gasteiger partial charge in [-0.2, -0.15) is 13.2 Å². The summed E-state index contributed by atoms with van der Waals surface area (Å²) in [6.07, 6.45) is -3.70. The molecule has 19 heavy (non-hydrogen) atoms. The maximum Gasteiger partial charge on any atom is 0.443 e. The maximum atomic E-state index is 12.3. The Hall–Kier alpha value is -1.44. The first-order valence-electron chi connectivity index (χ1n) is 5.52. The number of hydrogen-bond donors (Lipinski definition) is 0. The minimum atomic E-state index is -4.49. The topological polar surface area (TPSA) is 56.3 Å². The maximum absolute atomic E-state index is 12.3. The summed E-state index contributed by atoms with van der Waals surface area (Å²) in [5.74, 6) is -0.804. The number of esters is 1. The van der Waals surface area contributed by atoms with Gasteiger partial charge in [-0.05, 0) is 6.92 Å². The lowest BCUT2D eigenvalue weighted by Crippen LogP contribution is -2.08. The average molecular weight is 295 g/mol. The molecule has 0 aliphatic carbocycles. The van der Waals surface area contributed by atoms with Crippen molar-refractivity contribution in [2.75, 3.05) is 6.61 Å². The molecular weight excluding hydrogens is 283 g/mol. The van der Waals surface area contributed by atoms with Gasteiger partial charge < -0.3 is 4.74 Å². The summed E-state index contributed by atoms with van der Waals surface area (Å²) in [4.78, 5) is 25.9. The van der Waals surface area contributed by atoms with Crippen molar-refractivity contribution in [2.45, 2.75) is 32.4 Å². The minimum Gasteiger partial charge on any atom is -0.466 e. The SMILES string of the molecule is CCOC(=O)CCC(=O)Cc1cnc(C(F)(F)F)s1.